The number of hydrogen-bond donors (Lipinski definition) is 1. The number of carboxylic acids is 1. The summed E-state index contributed by atoms with van der Waals surface area (Å²) in [5.74, 6) is -1.17. The van der Waals surface area contributed by atoms with Crippen molar-refractivity contribution in [2.45, 2.75) is 0 Å². The van der Waals surface area contributed by atoms with Gasteiger partial charge in [0.05, 0.1) is 0 Å². The summed E-state index contributed by atoms with van der Waals surface area (Å²) in [5, 5.41) is 3.14. The number of carboxylic acid groups (broad SMARTS) is 1. The fraction of sp³-hybridized carbons (Fsp3) is 0. The summed E-state index contributed by atoms with van der Waals surface area (Å²) >= 11 is 0. The Morgan fingerprint density at radius 2 is 2.80 bits per heavy atom. The Kier molecular flexibility index (Phi) is 0.695. The standard InChI is InChI=1S/C2H2O3/c3-1-2(4)5/h1H,(H,4,5)/i/hD. The van der Waals surface area contributed by atoms with Crippen LogP contribution in [0.25, 0.3) is 1.43 Å². The zero-order chi connectivity index (χ0) is 4.99. The van der Waals surface area contributed by atoms with Crippen LogP contribution in [0, 0.1) is 0 Å². The molecule has 0 saturated carbocycles. The lowest BCUT2D eigenvalue weighted by molar-refractivity contribution is -0.143. The highest BCUT2D eigenvalue weighted by molar-refractivity contribution is 6.19. The molecule has 5 heavy (non-hydrogen) atoms. The third kappa shape index (κ3) is 3.14. The Morgan fingerprint density at radius 1 is 2.20 bits per heavy atom. The van der Waals surface area contributed by atoms with Gasteiger partial charge >= 0.3 is 5.97 Å². The average Bonchev–Trinajstić information content (AvgIpc) is 1.65. The van der Waals surface area contributed by atoms with Gasteiger partial charge in [0.15, 0.2) is 0 Å². The maximum atomic E-state index is 9.40. The highest BCUT2D eigenvalue weighted by Crippen LogP contribution is 1.39. The molecular formula is C2H2O3. The minimum absolute atomic E-state index is 0.0764. The Balaban J connectivity index is 3.23. The number of rotatable bonds is 1. The van der Waals surface area contributed by atoms with Crippen LogP contribution in [0.4, 0.5) is 0 Å². The van der Waals surface area contributed by atoms with E-state index in [-0.39, 0.29) is 6.29 Å². The van der Waals surface area contributed by atoms with Crippen LogP contribution in [0.5, 0.6) is 0 Å². The Labute approximate surface area is 29.7 Å². The minimum Gasteiger partial charge on any atom is -0.476 e. The predicted molar refractivity (Wildman–Crippen MR) is 13.7 cm³/mol. The zero-order valence-corrected chi connectivity index (χ0v) is 2.30. The van der Waals surface area contributed by atoms with E-state index in [1.807, 2.05) is 0 Å². The molecule has 0 unspecified atom stereocenters. The van der Waals surface area contributed by atoms with Crippen LogP contribution < -0.4 is 0 Å². The molecule has 28 valence electrons. The molecule has 0 amide bonds. The molecule has 1 N–H and O–H groups in total. The normalized spacial score (nSPS) is 8.40. The number of aliphatic carboxylic acids is 1. The number of carbonyl (C=O) groups is 2. The lowest BCUT2D eigenvalue weighted by Crippen LogP contribution is -1.91. The van der Waals surface area contributed by atoms with Crippen molar-refractivity contribution in [2.75, 3.05) is 0 Å². The van der Waals surface area contributed by atoms with E-state index < -0.39 is 5.97 Å². The molecule has 0 fully saturated rings. The lowest BCUT2D eigenvalue weighted by atomic mass is 10.8. The zero-order valence-electron chi connectivity index (χ0n) is 3.30. The minimum atomic E-state index is -1.17. The van der Waals surface area contributed by atoms with Gasteiger partial charge < -0.3 is 5.11 Å². The maximum absolute atomic E-state index is 9.40. The largest absolute Gasteiger partial charge is 0.476 e. The van der Waals surface area contributed by atoms with Crippen LogP contribution >= 0.6 is 0 Å². The van der Waals surface area contributed by atoms with Gasteiger partial charge in [0, 0.05) is 0 Å². The van der Waals surface area contributed by atoms with Gasteiger partial charge in [-0.1, -0.05) is 0 Å². The quantitative estimate of drug-likeness (QED) is 0.330. The van der Waals surface area contributed by atoms with E-state index in [0.29, 0.717) is 0 Å². The van der Waals surface area contributed by atoms with Crippen molar-refractivity contribution in [1.82, 2.24) is 0 Å². The topological polar surface area (TPSA) is 54.4 Å². The Morgan fingerprint density at radius 3 is 2.80 bits per heavy atom. The molecule has 0 spiro atoms. The Hall–Kier alpha value is -0.860. The smallest absolute Gasteiger partial charge is 0.368 e. The maximum Gasteiger partial charge on any atom is 0.368 e. The van der Waals surface area contributed by atoms with Crippen molar-refractivity contribution in [1.29, 1.82) is 1.43 Å². The summed E-state index contributed by atoms with van der Waals surface area (Å²) in [4.78, 5) is 18.5. The summed E-state index contributed by atoms with van der Waals surface area (Å²) in [6, 6.07) is 0. The van der Waals surface area contributed by atoms with Gasteiger partial charge in [-0.2, -0.15) is 0 Å². The van der Waals surface area contributed by atoms with Gasteiger partial charge in [-0.15, -0.1) is 0 Å². The highest BCUT2D eigenvalue weighted by Gasteiger charge is 1.80. The first-order valence-corrected chi connectivity index (χ1v) is 0.933. The van der Waals surface area contributed by atoms with Gasteiger partial charge in [-0.3, -0.25) is 4.79 Å². The molecule has 0 aromatic rings. The summed E-state index contributed by atoms with van der Waals surface area (Å²) in [5.41, 5.74) is 0. The van der Waals surface area contributed by atoms with Crippen LogP contribution in [-0.2, 0) is 9.59 Å². The third-order valence-electron chi connectivity index (χ3n) is 0.0962. The molecule has 0 aliphatic heterocycles. The first-order valence-electron chi connectivity index (χ1n) is 1.34. The summed E-state index contributed by atoms with van der Waals surface area (Å²) in [6.45, 7) is 0. The Bertz CT molecular complexity index is 69.2. The molecule has 0 atom stereocenters. The van der Waals surface area contributed by atoms with Crippen molar-refractivity contribution >= 4 is 12.3 Å². The number of carbonyl (C=O) groups excluding carboxylic acids is 1. The van der Waals surface area contributed by atoms with Crippen molar-refractivity contribution in [2.24, 2.45) is 0 Å². The van der Waals surface area contributed by atoms with E-state index in [4.69, 9.17) is 6.23 Å². The van der Waals surface area contributed by atoms with E-state index in [9.17, 15) is 4.79 Å². The van der Waals surface area contributed by atoms with Gasteiger partial charge in [0.25, 0.3) is 1.43 Å². The predicted octanol–water partition coefficient (Wildman–Crippen LogP) is -0.730. The second kappa shape index (κ2) is 1.46. The van der Waals surface area contributed by atoms with Crippen LogP contribution in [0.3, 0.4) is 0 Å². The molecule has 0 rings (SSSR count). The molecule has 0 bridgehead atoms. The molecule has 0 saturated heterocycles. The lowest BCUT2D eigenvalue weighted by Gasteiger charge is -1.59. The first kappa shape index (κ1) is 2.38. The van der Waals surface area contributed by atoms with Crippen LogP contribution in [0.1, 0.15) is 0 Å². The molecule has 3 heteroatoms. The molecule has 0 aromatic carbocycles. The van der Waals surface area contributed by atoms with E-state index >= 15 is 0 Å². The summed E-state index contributed by atoms with van der Waals surface area (Å²) < 4.78 is 5.73. The van der Waals surface area contributed by atoms with Crippen LogP contribution in [0.2, 0.25) is 0 Å². The van der Waals surface area contributed by atoms with E-state index in [2.05, 4.69) is 5.11 Å². The van der Waals surface area contributed by atoms with Crippen LogP contribution in [-0.4, -0.2) is 17.4 Å². The fourth-order valence-corrected chi connectivity index (χ4v) is 0. The molecule has 0 aliphatic rings. The molecule has 0 aliphatic carbocycles. The van der Waals surface area contributed by atoms with E-state index in [0.717, 1.165) is 0 Å². The van der Waals surface area contributed by atoms with Gasteiger partial charge in [0.1, 0.15) is 0 Å². The highest BCUT2D eigenvalue weighted by atomic mass is 16.4. The van der Waals surface area contributed by atoms with E-state index in [1.54, 1.807) is 0 Å². The third-order valence-corrected chi connectivity index (χ3v) is 0.0962. The number of hydrogen-bond acceptors (Lipinski definition) is 3. The molecule has 0 heterocycles. The van der Waals surface area contributed by atoms with Crippen LogP contribution in [0.15, 0.2) is 0 Å². The van der Waals surface area contributed by atoms with Gasteiger partial charge in [0.2, 0.25) is 6.29 Å². The molecule has 0 aromatic heterocycles. The molecule has 0 radical (unpaired) electrons. The van der Waals surface area contributed by atoms with E-state index in [1.165, 1.54) is 0 Å². The first-order chi connectivity index (χ1) is 2.81. The van der Waals surface area contributed by atoms with Crippen molar-refractivity contribution in [3.8, 4) is 0 Å². The summed E-state index contributed by atoms with van der Waals surface area (Å²) in [7, 11) is 0. The van der Waals surface area contributed by atoms with Crippen molar-refractivity contribution < 1.29 is 14.7 Å². The molecular weight excluding hydrogens is 72.0 g/mol. The summed E-state index contributed by atoms with van der Waals surface area (Å²) in [6.07, 6.45) is -0.0764. The number of aldehydes is 1. The fourth-order valence-electron chi connectivity index (χ4n) is 0. The SMILES string of the molecule is [2H]OC(=O)C=O. The van der Waals surface area contributed by atoms with Gasteiger partial charge in [-0.25, -0.2) is 4.79 Å². The van der Waals surface area contributed by atoms with Gasteiger partial charge in [-0.05, 0) is 0 Å². The average molecular weight is 75.0 g/mol. The molecule has 3 nitrogen and oxygen atoms in total. The van der Waals surface area contributed by atoms with Crippen molar-refractivity contribution in [3.05, 3.63) is 0 Å². The second-order valence-electron chi connectivity index (χ2n) is 0.437. The van der Waals surface area contributed by atoms with Crippen molar-refractivity contribution in [3.63, 3.8) is 0 Å². The monoisotopic (exact) mass is 75.0 g/mol. The second-order valence-corrected chi connectivity index (χ2v) is 0.437.